The Morgan fingerprint density at radius 3 is 2.90 bits per heavy atom. The molecule has 0 aliphatic heterocycles. The van der Waals surface area contributed by atoms with E-state index in [4.69, 9.17) is 4.74 Å². The number of aryl methyl sites for hydroxylation is 1. The van der Waals surface area contributed by atoms with Crippen molar-refractivity contribution in [3.05, 3.63) is 64.5 Å². The van der Waals surface area contributed by atoms with Gasteiger partial charge in [0.25, 0.3) is 0 Å². The van der Waals surface area contributed by atoms with Crippen molar-refractivity contribution in [3.8, 4) is 5.75 Å². The third-order valence-electron chi connectivity index (χ3n) is 3.24. The molecule has 0 atom stereocenters. The third kappa shape index (κ3) is 2.45. The van der Waals surface area contributed by atoms with E-state index in [-0.39, 0.29) is 0 Å². The number of aldehydes is 1. The quantitative estimate of drug-likeness (QED) is 0.654. The van der Waals surface area contributed by atoms with E-state index in [1.54, 1.807) is 11.3 Å². The van der Waals surface area contributed by atoms with Gasteiger partial charge in [0.1, 0.15) is 12.4 Å². The topological polar surface area (TPSA) is 26.3 Å². The highest BCUT2D eigenvalue weighted by atomic mass is 32.1. The predicted molar refractivity (Wildman–Crippen MR) is 82.7 cm³/mol. The minimum Gasteiger partial charge on any atom is -0.488 e. The lowest BCUT2D eigenvalue weighted by molar-refractivity contribution is 0.111. The van der Waals surface area contributed by atoms with E-state index in [2.05, 4.69) is 17.5 Å². The highest BCUT2D eigenvalue weighted by molar-refractivity contribution is 7.17. The normalized spacial score (nSPS) is 10.7. The molecular formula is C17H14O2S. The zero-order valence-corrected chi connectivity index (χ0v) is 11.9. The first-order valence-electron chi connectivity index (χ1n) is 6.41. The van der Waals surface area contributed by atoms with Gasteiger partial charge in [-0.1, -0.05) is 29.8 Å². The molecule has 1 heterocycles. The van der Waals surface area contributed by atoms with Crippen molar-refractivity contribution in [2.75, 3.05) is 0 Å². The third-order valence-corrected chi connectivity index (χ3v) is 4.25. The Balaban J connectivity index is 1.85. The van der Waals surface area contributed by atoms with E-state index in [0.717, 1.165) is 17.4 Å². The number of hydrogen-bond acceptors (Lipinski definition) is 3. The molecule has 0 N–H and O–H groups in total. The maximum absolute atomic E-state index is 11.1. The fourth-order valence-electron chi connectivity index (χ4n) is 2.19. The number of ether oxygens (including phenoxy) is 1. The average Bonchev–Trinajstić information content (AvgIpc) is 2.89. The number of carbonyl (C=O) groups is 1. The van der Waals surface area contributed by atoms with Crippen molar-refractivity contribution in [2.24, 2.45) is 0 Å². The van der Waals surface area contributed by atoms with Crippen molar-refractivity contribution < 1.29 is 9.53 Å². The van der Waals surface area contributed by atoms with Gasteiger partial charge < -0.3 is 4.74 Å². The van der Waals surface area contributed by atoms with Gasteiger partial charge in [-0.25, -0.2) is 0 Å². The van der Waals surface area contributed by atoms with Crippen LogP contribution in [0.2, 0.25) is 0 Å². The van der Waals surface area contributed by atoms with Gasteiger partial charge in [-0.05, 0) is 35.9 Å². The van der Waals surface area contributed by atoms with Gasteiger partial charge in [-0.2, -0.15) is 0 Å². The molecule has 0 amide bonds. The number of hydrogen-bond donors (Lipinski definition) is 0. The Kier molecular flexibility index (Phi) is 3.52. The Bertz CT molecular complexity index is 759. The molecule has 2 nitrogen and oxygen atoms in total. The van der Waals surface area contributed by atoms with E-state index < -0.39 is 0 Å². The Morgan fingerprint density at radius 2 is 2.05 bits per heavy atom. The summed E-state index contributed by atoms with van der Waals surface area (Å²) < 4.78 is 7.07. The van der Waals surface area contributed by atoms with E-state index in [0.29, 0.717) is 17.9 Å². The van der Waals surface area contributed by atoms with E-state index in [1.807, 2.05) is 37.3 Å². The molecule has 20 heavy (non-hydrogen) atoms. The lowest BCUT2D eigenvalue weighted by Crippen LogP contribution is -1.98. The molecule has 3 aromatic rings. The molecule has 0 saturated heterocycles. The largest absolute Gasteiger partial charge is 0.488 e. The van der Waals surface area contributed by atoms with Crippen LogP contribution in [0, 0.1) is 6.92 Å². The van der Waals surface area contributed by atoms with Crippen LogP contribution in [0.4, 0.5) is 0 Å². The van der Waals surface area contributed by atoms with Crippen molar-refractivity contribution in [3.63, 3.8) is 0 Å². The summed E-state index contributed by atoms with van der Waals surface area (Å²) in [6.45, 7) is 2.44. The first-order valence-corrected chi connectivity index (χ1v) is 7.29. The second-order valence-electron chi connectivity index (χ2n) is 4.70. The van der Waals surface area contributed by atoms with Crippen LogP contribution in [0.5, 0.6) is 5.75 Å². The maximum Gasteiger partial charge on any atom is 0.153 e. The van der Waals surface area contributed by atoms with Crippen molar-refractivity contribution in [1.29, 1.82) is 0 Å². The molecule has 0 fully saturated rings. The molecular weight excluding hydrogens is 268 g/mol. The summed E-state index contributed by atoms with van der Waals surface area (Å²) >= 11 is 1.71. The second kappa shape index (κ2) is 5.47. The van der Waals surface area contributed by atoms with Crippen LogP contribution in [0.3, 0.4) is 0 Å². The van der Waals surface area contributed by atoms with E-state index in [1.165, 1.54) is 10.1 Å². The molecule has 0 saturated carbocycles. The summed E-state index contributed by atoms with van der Waals surface area (Å²) in [6.07, 6.45) is 0.841. The van der Waals surface area contributed by atoms with Gasteiger partial charge in [0.15, 0.2) is 6.29 Å². The van der Waals surface area contributed by atoms with Crippen LogP contribution in [-0.4, -0.2) is 6.29 Å². The number of thiophene rings is 1. The van der Waals surface area contributed by atoms with Gasteiger partial charge in [0, 0.05) is 10.3 Å². The first-order chi connectivity index (χ1) is 9.78. The summed E-state index contributed by atoms with van der Waals surface area (Å²) in [7, 11) is 0. The molecule has 0 aliphatic rings. The summed E-state index contributed by atoms with van der Waals surface area (Å²) in [4.78, 5) is 11.1. The fraction of sp³-hybridized carbons (Fsp3) is 0.118. The van der Waals surface area contributed by atoms with Crippen LogP contribution in [0.15, 0.2) is 47.8 Å². The molecule has 1 aromatic heterocycles. The summed E-state index contributed by atoms with van der Waals surface area (Å²) in [5, 5.41) is 3.33. The Morgan fingerprint density at radius 1 is 1.20 bits per heavy atom. The van der Waals surface area contributed by atoms with Crippen LogP contribution < -0.4 is 4.74 Å². The molecule has 3 rings (SSSR count). The van der Waals surface area contributed by atoms with Crippen molar-refractivity contribution in [2.45, 2.75) is 13.5 Å². The molecule has 0 bridgehead atoms. The molecule has 3 heteroatoms. The van der Waals surface area contributed by atoms with Gasteiger partial charge in [-0.3, -0.25) is 4.79 Å². The first kappa shape index (κ1) is 12.9. The van der Waals surface area contributed by atoms with Gasteiger partial charge in [-0.15, -0.1) is 11.3 Å². The minimum absolute atomic E-state index is 0.480. The van der Waals surface area contributed by atoms with E-state index in [9.17, 15) is 4.79 Å². The number of carbonyl (C=O) groups excluding carboxylic acids is 1. The monoisotopic (exact) mass is 282 g/mol. The number of fused-ring (bicyclic) bond motifs is 1. The lowest BCUT2D eigenvalue weighted by Gasteiger charge is -2.08. The molecule has 0 aliphatic carbocycles. The van der Waals surface area contributed by atoms with Gasteiger partial charge in [0.05, 0.1) is 5.56 Å². The van der Waals surface area contributed by atoms with Crippen LogP contribution >= 0.6 is 11.3 Å². The smallest absolute Gasteiger partial charge is 0.153 e. The van der Waals surface area contributed by atoms with Crippen molar-refractivity contribution in [1.82, 2.24) is 0 Å². The van der Waals surface area contributed by atoms with E-state index >= 15 is 0 Å². The zero-order valence-electron chi connectivity index (χ0n) is 11.1. The zero-order chi connectivity index (χ0) is 13.9. The number of benzene rings is 2. The molecule has 0 radical (unpaired) electrons. The van der Waals surface area contributed by atoms with Crippen molar-refractivity contribution >= 4 is 27.7 Å². The SMILES string of the molecule is Cc1ccc(OCc2csc3ccccc23)c(C=O)c1. The Hall–Kier alpha value is -2.13. The molecule has 0 unspecified atom stereocenters. The summed E-state index contributed by atoms with van der Waals surface area (Å²) in [5.74, 6) is 0.640. The standard InChI is InChI=1S/C17H14O2S/c1-12-6-7-16(13(8-12)9-18)19-10-14-11-20-17-5-3-2-4-15(14)17/h2-9,11H,10H2,1H3. The second-order valence-corrected chi connectivity index (χ2v) is 5.62. The molecule has 0 spiro atoms. The lowest BCUT2D eigenvalue weighted by atomic mass is 10.1. The van der Waals surface area contributed by atoms with Crippen LogP contribution in [0.25, 0.3) is 10.1 Å². The van der Waals surface area contributed by atoms with Crippen LogP contribution in [0.1, 0.15) is 21.5 Å². The molecule has 2 aromatic carbocycles. The average molecular weight is 282 g/mol. The van der Waals surface area contributed by atoms with Gasteiger partial charge >= 0.3 is 0 Å². The maximum atomic E-state index is 11.1. The fourth-order valence-corrected chi connectivity index (χ4v) is 3.14. The van der Waals surface area contributed by atoms with Crippen LogP contribution in [-0.2, 0) is 6.61 Å². The van der Waals surface area contributed by atoms with Gasteiger partial charge in [0.2, 0.25) is 0 Å². The summed E-state index contributed by atoms with van der Waals surface area (Å²) in [6, 6.07) is 13.9. The summed E-state index contributed by atoms with van der Waals surface area (Å²) in [5.41, 5.74) is 2.81. The predicted octanol–water partition coefficient (Wildman–Crippen LogP) is 4.60. The highest BCUT2D eigenvalue weighted by Crippen LogP contribution is 2.27. The number of rotatable bonds is 4. The Labute approximate surface area is 121 Å². The molecule has 100 valence electrons. The highest BCUT2D eigenvalue weighted by Gasteiger charge is 2.07. The minimum atomic E-state index is 0.480.